The van der Waals surface area contributed by atoms with Gasteiger partial charge in [0.15, 0.2) is 0 Å². The summed E-state index contributed by atoms with van der Waals surface area (Å²) in [5, 5.41) is 21.3. The van der Waals surface area contributed by atoms with Crippen molar-refractivity contribution in [3.63, 3.8) is 0 Å². The minimum absolute atomic E-state index is 0.0161. The van der Waals surface area contributed by atoms with Gasteiger partial charge in [0, 0.05) is 24.0 Å². The number of hydrogen-bond donors (Lipinski definition) is 2. The molecule has 0 amide bonds. The summed E-state index contributed by atoms with van der Waals surface area (Å²) in [5.74, 6) is 0. The second-order valence-electron chi connectivity index (χ2n) is 6.29. The molecule has 0 unspecified atom stereocenters. The molecule has 0 aliphatic heterocycles. The molecule has 0 saturated carbocycles. The standard InChI is InChI=1S/C15H25N5O/c1-11-14(12(2)19(18-11)6-7-21)9-16-13-8-17-20(10-13)15(3,4)5/h8,10,16,21H,6-7,9H2,1-5H3. The van der Waals surface area contributed by atoms with E-state index in [-0.39, 0.29) is 12.1 Å². The van der Waals surface area contributed by atoms with Gasteiger partial charge in [0.1, 0.15) is 0 Å². The zero-order valence-electron chi connectivity index (χ0n) is 13.5. The first-order valence-corrected chi connectivity index (χ1v) is 7.25. The van der Waals surface area contributed by atoms with Gasteiger partial charge in [-0.05, 0) is 34.6 Å². The van der Waals surface area contributed by atoms with Crippen molar-refractivity contribution in [2.45, 2.75) is 53.2 Å². The first-order chi connectivity index (χ1) is 9.82. The summed E-state index contributed by atoms with van der Waals surface area (Å²) in [6, 6.07) is 0. The van der Waals surface area contributed by atoms with Crippen molar-refractivity contribution in [3.8, 4) is 0 Å². The Morgan fingerprint density at radius 3 is 2.57 bits per heavy atom. The van der Waals surface area contributed by atoms with Gasteiger partial charge in [-0.2, -0.15) is 10.2 Å². The van der Waals surface area contributed by atoms with E-state index in [1.54, 1.807) is 0 Å². The highest BCUT2D eigenvalue weighted by atomic mass is 16.3. The molecular weight excluding hydrogens is 266 g/mol. The highest BCUT2D eigenvalue weighted by Crippen LogP contribution is 2.18. The topological polar surface area (TPSA) is 67.9 Å². The van der Waals surface area contributed by atoms with Gasteiger partial charge in [0.25, 0.3) is 0 Å². The molecule has 0 atom stereocenters. The molecule has 2 N–H and O–H groups in total. The molecule has 0 fully saturated rings. The summed E-state index contributed by atoms with van der Waals surface area (Å²) in [5.41, 5.74) is 4.25. The van der Waals surface area contributed by atoms with Crippen LogP contribution in [0.5, 0.6) is 0 Å². The average molecular weight is 291 g/mol. The Morgan fingerprint density at radius 1 is 1.29 bits per heavy atom. The van der Waals surface area contributed by atoms with Crippen molar-refractivity contribution in [1.29, 1.82) is 0 Å². The lowest BCUT2D eigenvalue weighted by Gasteiger charge is -2.18. The van der Waals surface area contributed by atoms with Gasteiger partial charge in [0.2, 0.25) is 0 Å². The number of nitrogens with one attached hydrogen (secondary N) is 1. The quantitative estimate of drug-likeness (QED) is 0.885. The first-order valence-electron chi connectivity index (χ1n) is 7.25. The van der Waals surface area contributed by atoms with Crippen LogP contribution in [-0.2, 0) is 18.6 Å². The van der Waals surface area contributed by atoms with Crippen LogP contribution in [0.15, 0.2) is 12.4 Å². The van der Waals surface area contributed by atoms with E-state index in [9.17, 15) is 0 Å². The van der Waals surface area contributed by atoms with Crippen molar-refractivity contribution in [2.75, 3.05) is 11.9 Å². The zero-order valence-corrected chi connectivity index (χ0v) is 13.5. The van der Waals surface area contributed by atoms with E-state index >= 15 is 0 Å². The van der Waals surface area contributed by atoms with Gasteiger partial charge in [-0.25, -0.2) is 0 Å². The van der Waals surface area contributed by atoms with Crippen LogP contribution in [0.2, 0.25) is 0 Å². The Morgan fingerprint density at radius 2 is 2.00 bits per heavy atom. The zero-order chi connectivity index (χ0) is 15.6. The lowest BCUT2D eigenvalue weighted by atomic mass is 10.1. The largest absolute Gasteiger partial charge is 0.394 e. The summed E-state index contributed by atoms with van der Waals surface area (Å²) >= 11 is 0. The number of aliphatic hydroxyl groups excluding tert-OH is 1. The van der Waals surface area contributed by atoms with Crippen molar-refractivity contribution in [1.82, 2.24) is 19.6 Å². The number of aryl methyl sites for hydroxylation is 1. The van der Waals surface area contributed by atoms with Gasteiger partial charge < -0.3 is 10.4 Å². The Labute approximate surface area is 125 Å². The first kappa shape index (κ1) is 15.6. The summed E-state index contributed by atoms with van der Waals surface area (Å²) in [6.45, 7) is 11.7. The van der Waals surface area contributed by atoms with E-state index < -0.39 is 0 Å². The van der Waals surface area contributed by atoms with Crippen LogP contribution in [0.3, 0.4) is 0 Å². The van der Waals surface area contributed by atoms with Crippen LogP contribution in [-0.4, -0.2) is 31.3 Å². The number of hydrogen-bond acceptors (Lipinski definition) is 4. The molecule has 0 radical (unpaired) electrons. The molecule has 0 aliphatic carbocycles. The molecule has 6 nitrogen and oxygen atoms in total. The normalized spacial score (nSPS) is 11.9. The molecule has 0 bridgehead atoms. The minimum atomic E-state index is -0.0161. The van der Waals surface area contributed by atoms with E-state index in [0.717, 1.165) is 17.1 Å². The molecule has 2 aromatic rings. The average Bonchev–Trinajstić information content (AvgIpc) is 2.95. The van der Waals surface area contributed by atoms with Crippen molar-refractivity contribution in [3.05, 3.63) is 29.3 Å². The predicted octanol–water partition coefficient (Wildman–Crippen LogP) is 2.06. The maximum Gasteiger partial charge on any atom is 0.0729 e. The van der Waals surface area contributed by atoms with E-state index in [1.165, 1.54) is 5.56 Å². The third kappa shape index (κ3) is 3.44. The highest BCUT2D eigenvalue weighted by Gasteiger charge is 2.15. The van der Waals surface area contributed by atoms with Crippen LogP contribution < -0.4 is 5.32 Å². The maximum atomic E-state index is 9.04. The Hall–Kier alpha value is -1.82. The molecule has 2 heterocycles. The number of nitrogens with zero attached hydrogens (tertiary/aromatic N) is 4. The van der Waals surface area contributed by atoms with Crippen LogP contribution in [0.25, 0.3) is 0 Å². The molecular formula is C15H25N5O. The fourth-order valence-electron chi connectivity index (χ4n) is 2.27. The van der Waals surface area contributed by atoms with Gasteiger partial charge in [-0.15, -0.1) is 0 Å². The number of aliphatic hydroxyl groups is 1. The number of rotatable bonds is 5. The van der Waals surface area contributed by atoms with E-state index in [2.05, 4.69) is 36.3 Å². The Bertz CT molecular complexity index is 606. The van der Waals surface area contributed by atoms with Crippen molar-refractivity contribution >= 4 is 5.69 Å². The van der Waals surface area contributed by atoms with Crippen LogP contribution in [0, 0.1) is 13.8 Å². The molecule has 6 heteroatoms. The van der Waals surface area contributed by atoms with E-state index in [4.69, 9.17) is 5.11 Å². The SMILES string of the molecule is Cc1nn(CCO)c(C)c1CNc1cnn(C(C)(C)C)c1. The molecule has 2 aromatic heterocycles. The van der Waals surface area contributed by atoms with Crippen molar-refractivity contribution in [2.24, 2.45) is 0 Å². The molecule has 0 saturated heterocycles. The second kappa shape index (κ2) is 5.89. The third-order valence-corrected chi connectivity index (χ3v) is 3.58. The Balaban J connectivity index is 2.08. The number of anilines is 1. The van der Waals surface area contributed by atoms with Gasteiger partial charge in [-0.1, -0.05) is 0 Å². The fraction of sp³-hybridized carbons (Fsp3) is 0.600. The van der Waals surface area contributed by atoms with Gasteiger partial charge in [0.05, 0.1) is 36.3 Å². The van der Waals surface area contributed by atoms with E-state index in [1.807, 2.05) is 35.6 Å². The van der Waals surface area contributed by atoms with Crippen molar-refractivity contribution < 1.29 is 5.11 Å². The predicted molar refractivity (Wildman–Crippen MR) is 83.3 cm³/mol. The monoisotopic (exact) mass is 291 g/mol. The van der Waals surface area contributed by atoms with E-state index in [0.29, 0.717) is 13.1 Å². The third-order valence-electron chi connectivity index (χ3n) is 3.58. The fourth-order valence-corrected chi connectivity index (χ4v) is 2.27. The van der Waals surface area contributed by atoms with Crippen LogP contribution in [0.4, 0.5) is 5.69 Å². The minimum Gasteiger partial charge on any atom is -0.394 e. The smallest absolute Gasteiger partial charge is 0.0729 e. The summed E-state index contributed by atoms with van der Waals surface area (Å²) in [4.78, 5) is 0. The van der Waals surface area contributed by atoms with Crippen LogP contribution in [0.1, 0.15) is 37.7 Å². The molecule has 0 spiro atoms. The molecule has 2 rings (SSSR count). The lowest BCUT2D eigenvalue weighted by Crippen LogP contribution is -2.21. The number of aromatic nitrogens is 4. The second-order valence-corrected chi connectivity index (χ2v) is 6.29. The molecule has 0 aromatic carbocycles. The summed E-state index contributed by atoms with van der Waals surface area (Å²) in [7, 11) is 0. The molecule has 21 heavy (non-hydrogen) atoms. The van der Waals surface area contributed by atoms with Crippen LogP contribution >= 0.6 is 0 Å². The summed E-state index contributed by atoms with van der Waals surface area (Å²) < 4.78 is 3.80. The Kier molecular flexibility index (Phi) is 4.37. The molecule has 116 valence electrons. The maximum absolute atomic E-state index is 9.04. The lowest BCUT2D eigenvalue weighted by molar-refractivity contribution is 0.268. The highest BCUT2D eigenvalue weighted by molar-refractivity contribution is 5.40. The van der Waals surface area contributed by atoms with Gasteiger partial charge in [-0.3, -0.25) is 9.36 Å². The van der Waals surface area contributed by atoms with Gasteiger partial charge >= 0.3 is 0 Å². The molecule has 0 aliphatic rings. The summed E-state index contributed by atoms with van der Waals surface area (Å²) in [6.07, 6.45) is 3.86.